The molecule has 1 aliphatic rings. The maximum atomic E-state index is 6.88. The van der Waals surface area contributed by atoms with E-state index in [1.807, 2.05) is 72.8 Å². The number of ether oxygens (including phenoxy) is 5. The van der Waals surface area contributed by atoms with Crippen LogP contribution in [0.3, 0.4) is 0 Å². The molecular weight excluding hydrogens is 589 g/mol. The van der Waals surface area contributed by atoms with Gasteiger partial charge in [0, 0.05) is 6.42 Å². The van der Waals surface area contributed by atoms with Gasteiger partial charge in [-0.15, -0.1) is 11.5 Å². The molecule has 240 valence electrons. The molecule has 0 unspecified atom stereocenters. The lowest BCUT2D eigenvalue weighted by molar-refractivity contribution is -0.271. The van der Waals surface area contributed by atoms with Crippen LogP contribution in [0, 0.1) is 11.5 Å². The Labute approximate surface area is 275 Å². The minimum Gasteiger partial charge on any atom is -0.374 e. The normalized spacial score (nSPS) is 21.3. The van der Waals surface area contributed by atoms with Gasteiger partial charge in [-0.05, 0) is 22.3 Å². The fourth-order valence-corrected chi connectivity index (χ4v) is 6.10. The van der Waals surface area contributed by atoms with Crippen molar-refractivity contribution in [2.75, 3.05) is 6.61 Å². The molecule has 1 fully saturated rings. The molecule has 0 aromatic heterocycles. The van der Waals surface area contributed by atoms with E-state index in [9.17, 15) is 0 Å². The van der Waals surface area contributed by atoms with E-state index in [0.29, 0.717) is 39.5 Å². The molecule has 0 N–H and O–H groups in total. The van der Waals surface area contributed by atoms with Crippen molar-refractivity contribution in [2.24, 2.45) is 0 Å². The molecule has 0 saturated carbocycles. The molecule has 0 bridgehead atoms. The standard InChI is InChI=1S/C40H46O5Si/c1-46(2,3)26-16-25-36-38(42-28-33-19-10-5-11-20-33)40(44-30-35-23-14-7-15-24-35)39(43-29-34-21-12-6-13-22-34)37(45-36)31-41-27-32-17-8-4-9-18-32/h4-15,17-24,36-40H,25,27-31H2,1-3H3/t36-,37-,38+,39-,40-/m1/s1. The first-order valence-electron chi connectivity index (χ1n) is 16.2. The second-order valence-electron chi connectivity index (χ2n) is 12.8. The van der Waals surface area contributed by atoms with Gasteiger partial charge in [-0.2, -0.15) is 0 Å². The fraction of sp³-hybridized carbons (Fsp3) is 0.350. The lowest BCUT2D eigenvalue weighted by atomic mass is 9.92. The minimum atomic E-state index is -1.59. The van der Waals surface area contributed by atoms with Crippen molar-refractivity contribution in [1.29, 1.82) is 0 Å². The van der Waals surface area contributed by atoms with E-state index in [0.717, 1.165) is 22.3 Å². The summed E-state index contributed by atoms with van der Waals surface area (Å²) in [5, 5.41) is 0. The molecule has 6 heteroatoms. The highest BCUT2D eigenvalue weighted by Crippen LogP contribution is 2.32. The third kappa shape index (κ3) is 10.8. The summed E-state index contributed by atoms with van der Waals surface area (Å²) in [5.74, 6) is 3.46. The lowest BCUT2D eigenvalue weighted by Crippen LogP contribution is -2.61. The summed E-state index contributed by atoms with van der Waals surface area (Å²) in [6, 6.07) is 40.9. The zero-order valence-electron chi connectivity index (χ0n) is 27.2. The van der Waals surface area contributed by atoms with Crippen molar-refractivity contribution in [1.82, 2.24) is 0 Å². The third-order valence-corrected chi connectivity index (χ3v) is 8.67. The number of hydrogen-bond acceptors (Lipinski definition) is 5. The summed E-state index contributed by atoms with van der Waals surface area (Å²) >= 11 is 0. The Hall–Kier alpha value is -3.54. The van der Waals surface area contributed by atoms with Gasteiger partial charge in [0.1, 0.15) is 32.5 Å². The monoisotopic (exact) mass is 634 g/mol. The second kappa shape index (κ2) is 17.4. The number of benzene rings is 4. The second-order valence-corrected chi connectivity index (χ2v) is 17.5. The van der Waals surface area contributed by atoms with Crippen LogP contribution in [-0.2, 0) is 50.1 Å². The molecule has 5 nitrogen and oxygen atoms in total. The Morgan fingerprint density at radius 1 is 0.522 bits per heavy atom. The maximum Gasteiger partial charge on any atom is 0.129 e. The smallest absolute Gasteiger partial charge is 0.129 e. The molecule has 0 radical (unpaired) electrons. The molecule has 4 aromatic carbocycles. The van der Waals surface area contributed by atoms with Gasteiger partial charge in [-0.25, -0.2) is 0 Å². The minimum absolute atomic E-state index is 0.324. The van der Waals surface area contributed by atoms with E-state index < -0.39 is 26.4 Å². The van der Waals surface area contributed by atoms with E-state index in [1.54, 1.807) is 0 Å². The van der Waals surface area contributed by atoms with Gasteiger partial charge in [-0.3, -0.25) is 0 Å². The van der Waals surface area contributed by atoms with Gasteiger partial charge in [0.2, 0.25) is 0 Å². The third-order valence-electron chi connectivity index (χ3n) is 7.75. The Bertz CT molecular complexity index is 1480. The summed E-state index contributed by atoms with van der Waals surface area (Å²) in [5.41, 5.74) is 7.89. The van der Waals surface area contributed by atoms with E-state index >= 15 is 0 Å². The molecule has 0 amide bonds. The van der Waals surface area contributed by atoms with Crippen LogP contribution in [0.1, 0.15) is 28.7 Å². The van der Waals surface area contributed by atoms with Gasteiger partial charge >= 0.3 is 0 Å². The van der Waals surface area contributed by atoms with Crippen molar-refractivity contribution < 1.29 is 23.7 Å². The molecule has 5 atom stereocenters. The molecule has 4 aromatic rings. The van der Waals surface area contributed by atoms with Gasteiger partial charge in [-0.1, -0.05) is 141 Å². The first kappa shape index (κ1) is 33.8. The highest BCUT2D eigenvalue weighted by molar-refractivity contribution is 6.83. The summed E-state index contributed by atoms with van der Waals surface area (Å²) in [6.45, 7) is 8.87. The van der Waals surface area contributed by atoms with Gasteiger partial charge in [0.05, 0.1) is 39.1 Å². The average molecular weight is 635 g/mol. The Kier molecular flexibility index (Phi) is 12.8. The molecular formula is C40H46O5Si. The van der Waals surface area contributed by atoms with E-state index in [1.165, 1.54) is 0 Å². The molecule has 46 heavy (non-hydrogen) atoms. The molecule has 5 rings (SSSR count). The van der Waals surface area contributed by atoms with Crippen LogP contribution >= 0.6 is 0 Å². The van der Waals surface area contributed by atoms with Crippen LogP contribution in [0.15, 0.2) is 121 Å². The zero-order chi connectivity index (χ0) is 32.0. The van der Waals surface area contributed by atoms with Crippen LogP contribution in [0.5, 0.6) is 0 Å². The summed E-state index contributed by atoms with van der Waals surface area (Å²) in [6.07, 6.45) is -1.45. The predicted molar refractivity (Wildman–Crippen MR) is 186 cm³/mol. The zero-order valence-corrected chi connectivity index (χ0v) is 28.2. The first-order valence-corrected chi connectivity index (χ1v) is 19.7. The van der Waals surface area contributed by atoms with Crippen molar-refractivity contribution in [2.45, 2.75) is 83.0 Å². The first-order chi connectivity index (χ1) is 22.4. The van der Waals surface area contributed by atoms with Crippen LogP contribution in [-0.4, -0.2) is 45.2 Å². The summed E-state index contributed by atoms with van der Waals surface area (Å²) in [4.78, 5) is 0. The topological polar surface area (TPSA) is 46.2 Å². The van der Waals surface area contributed by atoms with E-state index in [-0.39, 0.29) is 12.2 Å². The summed E-state index contributed by atoms with van der Waals surface area (Å²) in [7, 11) is -1.59. The van der Waals surface area contributed by atoms with Gasteiger partial charge < -0.3 is 23.7 Å². The number of hydrogen-bond donors (Lipinski definition) is 0. The largest absolute Gasteiger partial charge is 0.374 e. The van der Waals surface area contributed by atoms with E-state index in [2.05, 4.69) is 79.6 Å². The highest BCUT2D eigenvalue weighted by Gasteiger charge is 2.48. The SMILES string of the molecule is C[Si](C)(C)C#CC[C@H]1O[C@H](COCc2ccccc2)[C@@H](OCc2ccccc2)[C@H](OCc2ccccc2)[C@H]1OCc1ccccc1. The van der Waals surface area contributed by atoms with Crippen molar-refractivity contribution in [3.63, 3.8) is 0 Å². The Morgan fingerprint density at radius 3 is 1.35 bits per heavy atom. The van der Waals surface area contributed by atoms with Crippen molar-refractivity contribution >= 4 is 8.07 Å². The molecule has 1 saturated heterocycles. The Balaban J connectivity index is 1.45. The Morgan fingerprint density at radius 2 is 0.913 bits per heavy atom. The molecule has 1 aliphatic heterocycles. The van der Waals surface area contributed by atoms with Crippen LogP contribution in [0.4, 0.5) is 0 Å². The molecule has 1 heterocycles. The van der Waals surface area contributed by atoms with Crippen molar-refractivity contribution in [3.8, 4) is 11.5 Å². The van der Waals surface area contributed by atoms with Gasteiger partial charge in [0.25, 0.3) is 0 Å². The van der Waals surface area contributed by atoms with Crippen molar-refractivity contribution in [3.05, 3.63) is 144 Å². The lowest BCUT2D eigenvalue weighted by Gasteiger charge is -2.46. The van der Waals surface area contributed by atoms with E-state index in [4.69, 9.17) is 23.7 Å². The fourth-order valence-electron chi connectivity index (χ4n) is 5.47. The average Bonchev–Trinajstić information content (AvgIpc) is 3.07. The van der Waals surface area contributed by atoms with Gasteiger partial charge in [0.15, 0.2) is 0 Å². The van der Waals surface area contributed by atoms with Crippen LogP contribution < -0.4 is 0 Å². The highest BCUT2D eigenvalue weighted by atomic mass is 28.3. The van der Waals surface area contributed by atoms with Crippen LogP contribution in [0.25, 0.3) is 0 Å². The predicted octanol–water partition coefficient (Wildman–Crippen LogP) is 8.00. The molecule has 0 aliphatic carbocycles. The maximum absolute atomic E-state index is 6.88. The van der Waals surface area contributed by atoms with Crippen LogP contribution in [0.2, 0.25) is 19.6 Å². The molecule has 0 spiro atoms. The summed E-state index contributed by atoms with van der Waals surface area (Å²) < 4.78 is 33.5. The number of rotatable bonds is 14. The quantitative estimate of drug-likeness (QED) is 0.104.